The summed E-state index contributed by atoms with van der Waals surface area (Å²) in [4.78, 5) is 28.1. The van der Waals surface area contributed by atoms with Crippen molar-refractivity contribution in [2.24, 2.45) is 0 Å². The molecular weight excluding hydrogens is 454 g/mol. The molecule has 9 heteroatoms. The van der Waals surface area contributed by atoms with Gasteiger partial charge in [0.15, 0.2) is 0 Å². The molecule has 0 aliphatic carbocycles. The molecule has 0 radical (unpaired) electrons. The molecule has 0 unspecified atom stereocenters. The van der Waals surface area contributed by atoms with E-state index < -0.39 is 28.5 Å². The van der Waals surface area contributed by atoms with Crippen LogP contribution < -0.4 is 14.4 Å². The van der Waals surface area contributed by atoms with E-state index in [1.807, 2.05) is 51.1 Å². The number of benzene rings is 2. The van der Waals surface area contributed by atoms with E-state index in [1.54, 1.807) is 24.3 Å². The average Bonchev–Trinajstić information content (AvgIpc) is 2.82. The molecule has 0 heterocycles. The van der Waals surface area contributed by atoms with Gasteiger partial charge in [0, 0.05) is 18.7 Å². The number of anilines is 1. The molecule has 2 aromatic rings. The molecule has 34 heavy (non-hydrogen) atoms. The summed E-state index contributed by atoms with van der Waals surface area (Å²) in [6.45, 7) is 5.45. The fourth-order valence-corrected chi connectivity index (χ4v) is 4.36. The van der Waals surface area contributed by atoms with Gasteiger partial charge >= 0.3 is 0 Å². The molecule has 0 bridgehead atoms. The van der Waals surface area contributed by atoms with E-state index in [0.717, 1.165) is 22.5 Å². The molecule has 0 aliphatic heterocycles. The Hall–Kier alpha value is -3.07. The van der Waals surface area contributed by atoms with Gasteiger partial charge in [-0.1, -0.05) is 50.2 Å². The highest BCUT2D eigenvalue weighted by molar-refractivity contribution is 7.92. The summed E-state index contributed by atoms with van der Waals surface area (Å²) in [5, 5.41) is 2.95. The minimum absolute atomic E-state index is 0.0421. The van der Waals surface area contributed by atoms with Crippen molar-refractivity contribution in [3.8, 4) is 5.75 Å². The number of nitrogens with one attached hydrogen (secondary N) is 1. The molecule has 0 fully saturated rings. The van der Waals surface area contributed by atoms with Gasteiger partial charge < -0.3 is 15.0 Å². The third kappa shape index (κ3) is 7.48. The second kappa shape index (κ2) is 12.4. The van der Waals surface area contributed by atoms with Crippen molar-refractivity contribution in [1.82, 2.24) is 10.2 Å². The second-order valence-electron chi connectivity index (χ2n) is 8.22. The molecule has 186 valence electrons. The molecular formula is C25H35N3O5S. The van der Waals surface area contributed by atoms with E-state index in [2.05, 4.69) is 5.32 Å². The molecule has 0 aliphatic rings. The molecule has 1 N–H and O–H groups in total. The molecule has 0 saturated carbocycles. The Bertz CT molecular complexity index is 1060. The van der Waals surface area contributed by atoms with Crippen LogP contribution in [0.4, 0.5) is 5.69 Å². The van der Waals surface area contributed by atoms with Crippen LogP contribution in [0.1, 0.15) is 39.2 Å². The van der Waals surface area contributed by atoms with Crippen molar-refractivity contribution in [2.75, 3.05) is 24.2 Å². The minimum Gasteiger partial charge on any atom is -0.497 e. The molecule has 0 spiro atoms. The number of methoxy groups -OCH3 is 1. The van der Waals surface area contributed by atoms with Crippen LogP contribution in [0.15, 0.2) is 54.6 Å². The van der Waals surface area contributed by atoms with Gasteiger partial charge in [0.1, 0.15) is 18.3 Å². The molecule has 2 rings (SSSR count). The van der Waals surface area contributed by atoms with Crippen LogP contribution in [0.5, 0.6) is 5.75 Å². The molecule has 8 nitrogen and oxygen atoms in total. The minimum atomic E-state index is -3.79. The van der Waals surface area contributed by atoms with Crippen LogP contribution in [0.25, 0.3) is 0 Å². The third-order valence-electron chi connectivity index (χ3n) is 5.60. The summed E-state index contributed by atoms with van der Waals surface area (Å²) in [6, 6.07) is 15.1. The first-order valence-electron chi connectivity index (χ1n) is 11.4. The number of ether oxygens (including phenoxy) is 1. The van der Waals surface area contributed by atoms with E-state index in [9.17, 15) is 18.0 Å². The zero-order chi connectivity index (χ0) is 25.3. The van der Waals surface area contributed by atoms with Gasteiger partial charge in [-0.15, -0.1) is 0 Å². The Labute approximate surface area is 202 Å². The highest BCUT2D eigenvalue weighted by atomic mass is 32.2. The zero-order valence-electron chi connectivity index (χ0n) is 20.5. The molecule has 0 saturated heterocycles. The van der Waals surface area contributed by atoms with E-state index in [0.29, 0.717) is 17.9 Å². The van der Waals surface area contributed by atoms with Gasteiger partial charge in [-0.2, -0.15) is 0 Å². The maximum Gasteiger partial charge on any atom is 0.244 e. The predicted octanol–water partition coefficient (Wildman–Crippen LogP) is 3.18. The standard InChI is InChI=1S/C25H35N3O5S/c1-6-19(3)26-25(30)23(7-2)27(17-20-12-9-8-10-13-20)24(29)18-28(34(5,31)32)21-14-11-15-22(16-21)33-4/h8-16,19,23H,6-7,17-18H2,1-5H3,(H,26,30)/t19-,23+/m0/s1. The monoisotopic (exact) mass is 489 g/mol. The van der Waals surface area contributed by atoms with Crippen molar-refractivity contribution in [1.29, 1.82) is 0 Å². The largest absolute Gasteiger partial charge is 0.497 e. The number of amides is 2. The summed E-state index contributed by atoms with van der Waals surface area (Å²) in [5.41, 5.74) is 1.16. The van der Waals surface area contributed by atoms with Crippen LogP contribution in [0.2, 0.25) is 0 Å². The van der Waals surface area contributed by atoms with Crippen molar-refractivity contribution in [2.45, 2.75) is 52.2 Å². The maximum atomic E-state index is 13.6. The summed E-state index contributed by atoms with van der Waals surface area (Å²) in [6.07, 6.45) is 2.19. The zero-order valence-corrected chi connectivity index (χ0v) is 21.3. The smallest absolute Gasteiger partial charge is 0.244 e. The fourth-order valence-electron chi connectivity index (χ4n) is 3.52. The second-order valence-corrected chi connectivity index (χ2v) is 10.1. The third-order valence-corrected chi connectivity index (χ3v) is 6.74. The van der Waals surface area contributed by atoms with Gasteiger partial charge in [-0.25, -0.2) is 8.42 Å². The van der Waals surface area contributed by atoms with E-state index in [1.165, 1.54) is 12.0 Å². The van der Waals surface area contributed by atoms with E-state index >= 15 is 0 Å². The number of carbonyl (C=O) groups is 2. The van der Waals surface area contributed by atoms with Crippen molar-refractivity contribution >= 4 is 27.5 Å². The Balaban J connectivity index is 2.42. The van der Waals surface area contributed by atoms with Crippen molar-refractivity contribution < 1.29 is 22.7 Å². The summed E-state index contributed by atoms with van der Waals surface area (Å²) >= 11 is 0. The van der Waals surface area contributed by atoms with Crippen LogP contribution in [-0.4, -0.2) is 57.1 Å². The Morgan fingerprint density at radius 3 is 2.26 bits per heavy atom. The maximum absolute atomic E-state index is 13.6. The lowest BCUT2D eigenvalue weighted by Gasteiger charge is -2.33. The number of rotatable bonds is 12. The number of hydrogen-bond acceptors (Lipinski definition) is 5. The van der Waals surface area contributed by atoms with Crippen LogP contribution in [-0.2, 0) is 26.2 Å². The first-order chi connectivity index (χ1) is 16.1. The first kappa shape index (κ1) is 27.2. The van der Waals surface area contributed by atoms with Crippen molar-refractivity contribution in [3.05, 3.63) is 60.2 Å². The predicted molar refractivity (Wildman–Crippen MR) is 134 cm³/mol. The average molecular weight is 490 g/mol. The Morgan fingerprint density at radius 2 is 1.71 bits per heavy atom. The van der Waals surface area contributed by atoms with Gasteiger partial charge in [0.25, 0.3) is 0 Å². The number of carbonyl (C=O) groups excluding carboxylic acids is 2. The first-order valence-corrected chi connectivity index (χ1v) is 13.2. The van der Waals surface area contributed by atoms with Crippen LogP contribution >= 0.6 is 0 Å². The van der Waals surface area contributed by atoms with Gasteiger partial charge in [-0.05, 0) is 37.5 Å². The Kier molecular flexibility index (Phi) is 9.92. The lowest BCUT2D eigenvalue weighted by Crippen LogP contribution is -2.53. The number of hydrogen-bond donors (Lipinski definition) is 1. The quantitative estimate of drug-likeness (QED) is 0.494. The van der Waals surface area contributed by atoms with Gasteiger partial charge in [-0.3, -0.25) is 13.9 Å². The molecule has 2 atom stereocenters. The lowest BCUT2D eigenvalue weighted by atomic mass is 10.1. The summed E-state index contributed by atoms with van der Waals surface area (Å²) in [5.74, 6) is -0.254. The summed E-state index contributed by atoms with van der Waals surface area (Å²) < 4.78 is 31.5. The number of sulfonamides is 1. The van der Waals surface area contributed by atoms with Gasteiger partial charge in [0.2, 0.25) is 21.8 Å². The topological polar surface area (TPSA) is 96.0 Å². The van der Waals surface area contributed by atoms with Crippen LogP contribution in [0.3, 0.4) is 0 Å². The molecule has 0 aromatic heterocycles. The normalized spacial score (nSPS) is 13.0. The van der Waals surface area contributed by atoms with E-state index in [-0.39, 0.29) is 18.5 Å². The highest BCUT2D eigenvalue weighted by Crippen LogP contribution is 2.24. The SMILES string of the molecule is CC[C@H](C(=O)N[C@@H](C)CC)N(Cc1ccccc1)C(=O)CN(c1cccc(OC)c1)S(C)(=O)=O. The number of nitrogens with zero attached hydrogens (tertiary/aromatic N) is 2. The molecule has 2 amide bonds. The fraction of sp³-hybridized carbons (Fsp3) is 0.440. The van der Waals surface area contributed by atoms with Gasteiger partial charge in [0.05, 0.1) is 19.1 Å². The van der Waals surface area contributed by atoms with Crippen LogP contribution in [0, 0.1) is 0 Å². The highest BCUT2D eigenvalue weighted by Gasteiger charge is 2.32. The lowest BCUT2D eigenvalue weighted by molar-refractivity contribution is -0.140. The summed E-state index contributed by atoms with van der Waals surface area (Å²) in [7, 11) is -2.31. The Morgan fingerprint density at radius 1 is 1.03 bits per heavy atom. The van der Waals surface area contributed by atoms with E-state index in [4.69, 9.17) is 4.74 Å². The molecule has 2 aromatic carbocycles. The van der Waals surface area contributed by atoms with Crippen molar-refractivity contribution in [3.63, 3.8) is 0 Å².